The molecule has 15 heavy (non-hydrogen) atoms. The Balaban J connectivity index is 4.96. The molecule has 0 fully saturated rings. The van der Waals surface area contributed by atoms with Gasteiger partial charge in [0.1, 0.15) is 5.67 Å². The van der Waals surface area contributed by atoms with Crippen molar-refractivity contribution < 1.29 is 13.3 Å². The summed E-state index contributed by atoms with van der Waals surface area (Å²) >= 11 is 10.8. The van der Waals surface area contributed by atoms with Gasteiger partial charge in [0.2, 0.25) is 0 Å². The highest BCUT2D eigenvalue weighted by Crippen LogP contribution is 2.22. The molecule has 0 aromatic heterocycles. The van der Waals surface area contributed by atoms with Gasteiger partial charge < -0.3 is 19.0 Å². The van der Waals surface area contributed by atoms with Crippen LogP contribution in [-0.2, 0) is 13.3 Å². The minimum atomic E-state index is -2.85. The maximum Gasteiger partial charge on any atom is 0.525 e. The lowest BCUT2D eigenvalue weighted by Gasteiger charge is -2.35. The molecule has 0 spiro atoms. The van der Waals surface area contributed by atoms with Gasteiger partial charge in [-0.15, -0.1) is 0 Å². The summed E-state index contributed by atoms with van der Waals surface area (Å²) in [6, 6.07) is 0. The van der Waals surface area contributed by atoms with Crippen molar-refractivity contribution in [3.8, 4) is 0 Å². The third kappa shape index (κ3) is 3.26. The Hall–Kier alpha value is 0.0769. The van der Waals surface area contributed by atoms with E-state index < -0.39 is 8.80 Å². The minimum Gasteiger partial charge on any atom is -0.376 e. The number of nitrogens with two attached hydrogens (primary N) is 1. The largest absolute Gasteiger partial charge is 0.525 e. The Morgan fingerprint density at radius 2 is 1.80 bits per heavy atom. The van der Waals surface area contributed by atoms with Gasteiger partial charge in [0.15, 0.2) is 5.11 Å². The Bertz CT molecular complexity index is 210. The Labute approximate surface area is 102 Å². The molecular formula is C7H17ClN2O3SSi. The van der Waals surface area contributed by atoms with Crippen LogP contribution in [0.15, 0.2) is 0 Å². The highest BCUT2D eigenvalue weighted by atomic mass is 35.5. The van der Waals surface area contributed by atoms with Gasteiger partial charge in [-0.3, -0.25) is 4.42 Å². The average molecular weight is 273 g/mol. The molecule has 90 valence electrons. The van der Waals surface area contributed by atoms with E-state index in [1.807, 2.05) is 6.92 Å². The van der Waals surface area contributed by atoms with Gasteiger partial charge in [0.25, 0.3) is 0 Å². The molecular weight excluding hydrogens is 256 g/mol. The highest BCUT2D eigenvalue weighted by molar-refractivity contribution is 7.80. The number of hydrogen-bond acceptors (Lipinski definition) is 4. The smallest absolute Gasteiger partial charge is 0.376 e. The molecule has 0 radical (unpaired) electrons. The first-order chi connectivity index (χ1) is 6.98. The van der Waals surface area contributed by atoms with Crippen LogP contribution in [0.4, 0.5) is 0 Å². The molecule has 0 aromatic carbocycles. The Morgan fingerprint density at radius 1 is 1.40 bits per heavy atom. The van der Waals surface area contributed by atoms with Crippen LogP contribution in [0, 0.1) is 0 Å². The van der Waals surface area contributed by atoms with Crippen molar-refractivity contribution in [2.45, 2.75) is 19.0 Å². The molecule has 0 saturated heterocycles. The molecule has 0 aliphatic heterocycles. The molecule has 1 atom stereocenters. The first-order valence-corrected chi connectivity index (χ1v) is 6.93. The molecule has 2 N–H and O–H groups in total. The van der Waals surface area contributed by atoms with Crippen molar-refractivity contribution in [1.82, 2.24) is 4.42 Å². The van der Waals surface area contributed by atoms with E-state index in [2.05, 4.69) is 0 Å². The SMILES string of the molecule is CCC(N(Cl)C(N)=S)[Si](OC)(OC)OC. The molecule has 0 saturated carbocycles. The molecule has 0 rings (SSSR count). The predicted octanol–water partition coefficient (Wildman–Crippen LogP) is 0.882. The van der Waals surface area contributed by atoms with Crippen LogP contribution in [0.1, 0.15) is 13.3 Å². The Kier molecular flexibility index (Phi) is 6.65. The number of rotatable bonds is 6. The fourth-order valence-corrected chi connectivity index (χ4v) is 4.31. The molecule has 8 heteroatoms. The lowest BCUT2D eigenvalue weighted by molar-refractivity contribution is 0.101. The van der Waals surface area contributed by atoms with E-state index in [-0.39, 0.29) is 10.8 Å². The summed E-state index contributed by atoms with van der Waals surface area (Å²) in [5.41, 5.74) is 5.16. The molecule has 0 aliphatic carbocycles. The summed E-state index contributed by atoms with van der Waals surface area (Å²) in [5, 5.41) is 0.0755. The van der Waals surface area contributed by atoms with Crippen molar-refractivity contribution in [2.75, 3.05) is 21.3 Å². The van der Waals surface area contributed by atoms with Gasteiger partial charge in [-0.2, -0.15) is 0 Å². The van der Waals surface area contributed by atoms with Gasteiger partial charge in [-0.1, -0.05) is 6.92 Å². The molecule has 1 unspecified atom stereocenters. The van der Waals surface area contributed by atoms with Crippen molar-refractivity contribution in [1.29, 1.82) is 0 Å². The van der Waals surface area contributed by atoms with Gasteiger partial charge >= 0.3 is 8.80 Å². The number of halogens is 1. The van der Waals surface area contributed by atoms with Crippen molar-refractivity contribution >= 4 is 37.9 Å². The zero-order valence-electron chi connectivity index (χ0n) is 9.32. The maximum absolute atomic E-state index is 5.96. The third-order valence-electron chi connectivity index (χ3n) is 2.13. The van der Waals surface area contributed by atoms with Crippen molar-refractivity contribution in [3.05, 3.63) is 0 Å². The zero-order valence-corrected chi connectivity index (χ0v) is 11.9. The van der Waals surface area contributed by atoms with Crippen LogP contribution in [-0.4, -0.2) is 45.3 Å². The summed E-state index contributed by atoms with van der Waals surface area (Å²) in [4.78, 5) is 0. The quantitative estimate of drug-likeness (QED) is 0.440. The molecule has 0 heterocycles. The highest BCUT2D eigenvalue weighted by Gasteiger charge is 2.50. The second-order valence-electron chi connectivity index (χ2n) is 2.79. The van der Waals surface area contributed by atoms with Crippen molar-refractivity contribution in [2.24, 2.45) is 5.73 Å². The van der Waals surface area contributed by atoms with E-state index in [1.165, 1.54) is 25.7 Å². The minimum absolute atomic E-state index is 0.0755. The second kappa shape index (κ2) is 6.61. The van der Waals surface area contributed by atoms with E-state index in [0.717, 1.165) is 0 Å². The van der Waals surface area contributed by atoms with E-state index in [1.54, 1.807) is 0 Å². The summed E-state index contributed by atoms with van der Waals surface area (Å²) in [6.45, 7) is 1.93. The number of thiocarbonyl (C=S) groups is 1. The van der Waals surface area contributed by atoms with E-state index in [4.69, 9.17) is 43.0 Å². The van der Waals surface area contributed by atoms with Crippen molar-refractivity contribution in [3.63, 3.8) is 0 Å². The first kappa shape index (κ1) is 15.1. The summed E-state index contributed by atoms with van der Waals surface area (Å²) in [5.74, 6) is 0. The van der Waals surface area contributed by atoms with Crippen LogP contribution >= 0.6 is 24.0 Å². The van der Waals surface area contributed by atoms with Gasteiger partial charge in [0, 0.05) is 33.1 Å². The summed E-state index contributed by atoms with van der Waals surface area (Å²) in [6.07, 6.45) is 0.655. The third-order valence-corrected chi connectivity index (χ3v) is 6.20. The van der Waals surface area contributed by atoms with Gasteiger partial charge in [-0.25, -0.2) is 0 Å². The summed E-state index contributed by atoms with van der Waals surface area (Å²) in [7, 11) is 1.71. The van der Waals surface area contributed by atoms with Crippen LogP contribution in [0.3, 0.4) is 0 Å². The fourth-order valence-electron chi connectivity index (χ4n) is 1.36. The zero-order chi connectivity index (χ0) is 12.1. The standard InChI is InChI=1S/C7H17ClN2O3SSi/c1-5-6(10(8)7(9)14)15(11-2,12-3)13-4/h6H,5H2,1-4H3,(H2,9,14). The topological polar surface area (TPSA) is 57.0 Å². The first-order valence-electron chi connectivity index (χ1n) is 4.38. The normalized spacial score (nSPS) is 13.7. The lowest BCUT2D eigenvalue weighted by Crippen LogP contribution is -2.60. The monoisotopic (exact) mass is 272 g/mol. The number of hydrogen-bond donors (Lipinski definition) is 1. The van der Waals surface area contributed by atoms with Gasteiger partial charge in [-0.05, 0) is 18.6 Å². The van der Waals surface area contributed by atoms with E-state index in [9.17, 15) is 0 Å². The number of nitrogens with zero attached hydrogens (tertiary/aromatic N) is 1. The lowest BCUT2D eigenvalue weighted by atomic mass is 10.5. The van der Waals surface area contributed by atoms with Crippen LogP contribution < -0.4 is 5.73 Å². The predicted molar refractivity (Wildman–Crippen MR) is 65.3 cm³/mol. The molecule has 0 bridgehead atoms. The van der Waals surface area contributed by atoms with E-state index in [0.29, 0.717) is 6.42 Å². The van der Waals surface area contributed by atoms with Crippen LogP contribution in [0.5, 0.6) is 0 Å². The van der Waals surface area contributed by atoms with E-state index >= 15 is 0 Å². The van der Waals surface area contributed by atoms with Crippen LogP contribution in [0.25, 0.3) is 0 Å². The second-order valence-corrected chi connectivity index (χ2v) is 6.67. The molecule has 0 amide bonds. The summed E-state index contributed by atoms with van der Waals surface area (Å²) < 4.78 is 17.2. The fraction of sp³-hybridized carbons (Fsp3) is 0.857. The van der Waals surface area contributed by atoms with Gasteiger partial charge in [0.05, 0.1) is 0 Å². The molecule has 0 aliphatic rings. The Morgan fingerprint density at radius 3 is 2.00 bits per heavy atom. The molecule has 0 aromatic rings. The average Bonchev–Trinajstić information content (AvgIpc) is 2.25. The molecule has 5 nitrogen and oxygen atoms in total. The van der Waals surface area contributed by atoms with Crippen LogP contribution in [0.2, 0.25) is 0 Å². The maximum atomic E-state index is 5.96.